The Morgan fingerprint density at radius 3 is 3.00 bits per heavy atom. The summed E-state index contributed by atoms with van der Waals surface area (Å²) in [6, 6.07) is 4.78. The fourth-order valence-electron chi connectivity index (χ4n) is 3.10. The van der Waals surface area contributed by atoms with Crippen LogP contribution in [0.1, 0.15) is 24.6 Å². The van der Waals surface area contributed by atoms with Crippen molar-refractivity contribution in [2.45, 2.75) is 32.9 Å². The van der Waals surface area contributed by atoms with E-state index in [2.05, 4.69) is 47.7 Å². The Morgan fingerprint density at radius 2 is 2.32 bits per heavy atom. The third kappa shape index (κ3) is 2.38. The molecular weight excluding hydrogens is 236 g/mol. The van der Waals surface area contributed by atoms with Gasteiger partial charge in [-0.1, -0.05) is 6.07 Å². The Hall–Kier alpha value is -1.39. The molecule has 0 bridgehead atoms. The van der Waals surface area contributed by atoms with Crippen molar-refractivity contribution < 1.29 is 0 Å². The number of nitrogens with zero attached hydrogens (tertiary/aromatic N) is 3. The Morgan fingerprint density at radius 1 is 1.47 bits per heavy atom. The smallest absolute Gasteiger partial charge is 0.139 e. The second-order valence-corrected chi connectivity index (χ2v) is 5.77. The zero-order chi connectivity index (χ0) is 13.4. The molecule has 2 unspecified atom stereocenters. The van der Waals surface area contributed by atoms with E-state index in [9.17, 15) is 0 Å². The zero-order valence-corrected chi connectivity index (χ0v) is 11.7. The Bertz CT molecular complexity index is 575. The lowest BCUT2D eigenvalue weighted by molar-refractivity contribution is 0.253. The standard InChI is InChI=1S/C15H22N4/c1-11-4-3-5-18-9-14(17-15(11)18)10-19-8-13(7-16)6-12(19)2/h3-5,9,12-13H,6-8,10,16H2,1-2H3. The molecule has 0 aromatic carbocycles. The minimum absolute atomic E-state index is 0.611. The number of imidazole rings is 1. The summed E-state index contributed by atoms with van der Waals surface area (Å²) < 4.78 is 2.12. The van der Waals surface area contributed by atoms with Crippen LogP contribution in [0.25, 0.3) is 5.65 Å². The molecule has 2 aromatic rings. The van der Waals surface area contributed by atoms with Crippen LogP contribution < -0.4 is 5.73 Å². The molecule has 3 heterocycles. The van der Waals surface area contributed by atoms with E-state index in [1.165, 1.54) is 12.0 Å². The number of hydrogen-bond donors (Lipinski definition) is 1. The summed E-state index contributed by atoms with van der Waals surface area (Å²) in [5.41, 5.74) is 9.23. The predicted molar refractivity (Wildman–Crippen MR) is 77.0 cm³/mol. The zero-order valence-electron chi connectivity index (χ0n) is 11.7. The van der Waals surface area contributed by atoms with Crippen molar-refractivity contribution in [2.75, 3.05) is 13.1 Å². The SMILES string of the molecule is Cc1cccn2cc(CN3CC(CN)CC3C)nc12. The molecule has 0 amide bonds. The van der Waals surface area contributed by atoms with Crippen LogP contribution in [0.5, 0.6) is 0 Å². The second-order valence-electron chi connectivity index (χ2n) is 5.77. The van der Waals surface area contributed by atoms with Crippen molar-refractivity contribution >= 4 is 5.65 Å². The maximum absolute atomic E-state index is 5.79. The number of rotatable bonds is 3. The van der Waals surface area contributed by atoms with Crippen molar-refractivity contribution in [3.63, 3.8) is 0 Å². The van der Waals surface area contributed by atoms with Crippen molar-refractivity contribution in [1.82, 2.24) is 14.3 Å². The van der Waals surface area contributed by atoms with E-state index in [1.54, 1.807) is 0 Å². The molecule has 2 aromatic heterocycles. The topological polar surface area (TPSA) is 46.6 Å². The lowest BCUT2D eigenvalue weighted by atomic mass is 10.1. The lowest BCUT2D eigenvalue weighted by Crippen LogP contribution is -2.27. The summed E-state index contributed by atoms with van der Waals surface area (Å²) in [7, 11) is 0. The third-order valence-electron chi connectivity index (χ3n) is 4.22. The van der Waals surface area contributed by atoms with Crippen LogP contribution >= 0.6 is 0 Å². The summed E-state index contributed by atoms with van der Waals surface area (Å²) >= 11 is 0. The molecule has 2 atom stereocenters. The van der Waals surface area contributed by atoms with Gasteiger partial charge in [0, 0.05) is 31.5 Å². The van der Waals surface area contributed by atoms with E-state index >= 15 is 0 Å². The van der Waals surface area contributed by atoms with Gasteiger partial charge >= 0.3 is 0 Å². The highest BCUT2D eigenvalue weighted by Gasteiger charge is 2.28. The number of aryl methyl sites for hydroxylation is 1. The molecule has 0 spiro atoms. The largest absolute Gasteiger partial charge is 0.330 e. The number of nitrogens with two attached hydrogens (primary N) is 1. The van der Waals surface area contributed by atoms with Gasteiger partial charge in [-0.05, 0) is 44.4 Å². The molecule has 0 saturated carbocycles. The van der Waals surface area contributed by atoms with Crippen molar-refractivity contribution in [3.05, 3.63) is 35.8 Å². The molecule has 4 heteroatoms. The summed E-state index contributed by atoms with van der Waals surface area (Å²) in [5.74, 6) is 0.647. The molecule has 1 saturated heterocycles. The van der Waals surface area contributed by atoms with Crippen LogP contribution in [0.3, 0.4) is 0 Å². The normalized spacial score (nSPS) is 24.4. The first-order chi connectivity index (χ1) is 9.17. The van der Waals surface area contributed by atoms with E-state index in [0.717, 1.165) is 31.0 Å². The Labute approximate surface area is 114 Å². The number of fused-ring (bicyclic) bond motifs is 1. The van der Waals surface area contributed by atoms with Crippen LogP contribution in [-0.4, -0.2) is 33.4 Å². The first-order valence-electron chi connectivity index (χ1n) is 7.04. The van der Waals surface area contributed by atoms with Gasteiger partial charge in [-0.2, -0.15) is 0 Å². The average molecular weight is 258 g/mol. The number of hydrogen-bond acceptors (Lipinski definition) is 3. The molecule has 0 aliphatic carbocycles. The van der Waals surface area contributed by atoms with Crippen LogP contribution in [-0.2, 0) is 6.54 Å². The summed E-state index contributed by atoms with van der Waals surface area (Å²) in [6.07, 6.45) is 5.42. The van der Waals surface area contributed by atoms with Crippen LogP contribution in [0, 0.1) is 12.8 Å². The van der Waals surface area contributed by atoms with Crippen molar-refractivity contribution in [3.8, 4) is 0 Å². The van der Waals surface area contributed by atoms with Gasteiger partial charge in [-0.3, -0.25) is 4.90 Å². The number of pyridine rings is 1. The van der Waals surface area contributed by atoms with Gasteiger partial charge in [-0.15, -0.1) is 0 Å². The minimum Gasteiger partial charge on any atom is -0.330 e. The molecule has 102 valence electrons. The molecular formula is C15H22N4. The van der Waals surface area contributed by atoms with Gasteiger partial charge in [-0.25, -0.2) is 4.98 Å². The van der Waals surface area contributed by atoms with E-state index in [0.29, 0.717) is 12.0 Å². The molecule has 4 nitrogen and oxygen atoms in total. The van der Waals surface area contributed by atoms with Crippen LogP contribution in [0.15, 0.2) is 24.5 Å². The summed E-state index contributed by atoms with van der Waals surface area (Å²) in [4.78, 5) is 7.25. The molecule has 2 N–H and O–H groups in total. The van der Waals surface area contributed by atoms with E-state index in [1.807, 2.05) is 0 Å². The van der Waals surface area contributed by atoms with E-state index in [-0.39, 0.29) is 0 Å². The van der Waals surface area contributed by atoms with Crippen LogP contribution in [0.4, 0.5) is 0 Å². The molecule has 1 aliphatic rings. The number of aromatic nitrogens is 2. The van der Waals surface area contributed by atoms with Crippen molar-refractivity contribution in [2.24, 2.45) is 11.7 Å². The maximum Gasteiger partial charge on any atom is 0.139 e. The van der Waals surface area contributed by atoms with Gasteiger partial charge in [0.05, 0.1) is 5.69 Å². The molecule has 19 heavy (non-hydrogen) atoms. The maximum atomic E-state index is 5.79. The second kappa shape index (κ2) is 4.94. The highest BCUT2D eigenvalue weighted by atomic mass is 15.2. The van der Waals surface area contributed by atoms with E-state index in [4.69, 9.17) is 10.7 Å². The minimum atomic E-state index is 0.611. The fourth-order valence-corrected chi connectivity index (χ4v) is 3.10. The molecule has 1 aliphatic heterocycles. The molecule has 0 radical (unpaired) electrons. The predicted octanol–water partition coefficient (Wildman–Crippen LogP) is 1.81. The van der Waals surface area contributed by atoms with E-state index < -0.39 is 0 Å². The highest BCUT2D eigenvalue weighted by molar-refractivity contribution is 5.47. The lowest BCUT2D eigenvalue weighted by Gasteiger charge is -2.19. The fraction of sp³-hybridized carbons (Fsp3) is 0.533. The quantitative estimate of drug-likeness (QED) is 0.913. The Kier molecular flexibility index (Phi) is 3.29. The third-order valence-corrected chi connectivity index (χ3v) is 4.22. The van der Waals surface area contributed by atoms with Crippen LogP contribution in [0.2, 0.25) is 0 Å². The molecule has 3 rings (SSSR count). The Balaban J connectivity index is 1.80. The number of likely N-dealkylation sites (tertiary alicyclic amines) is 1. The first kappa shape index (κ1) is 12.6. The van der Waals surface area contributed by atoms with Gasteiger partial charge in [0.2, 0.25) is 0 Å². The van der Waals surface area contributed by atoms with Gasteiger partial charge in [0.15, 0.2) is 0 Å². The highest BCUT2D eigenvalue weighted by Crippen LogP contribution is 2.24. The summed E-state index contributed by atoms with van der Waals surface area (Å²) in [5, 5.41) is 0. The van der Waals surface area contributed by atoms with Gasteiger partial charge in [0.25, 0.3) is 0 Å². The van der Waals surface area contributed by atoms with Gasteiger partial charge in [0.1, 0.15) is 5.65 Å². The monoisotopic (exact) mass is 258 g/mol. The van der Waals surface area contributed by atoms with Crippen molar-refractivity contribution in [1.29, 1.82) is 0 Å². The average Bonchev–Trinajstić information content (AvgIpc) is 2.95. The first-order valence-corrected chi connectivity index (χ1v) is 7.04. The summed E-state index contributed by atoms with van der Waals surface area (Å²) in [6.45, 7) is 7.22. The molecule has 1 fully saturated rings. The van der Waals surface area contributed by atoms with Gasteiger partial charge < -0.3 is 10.1 Å².